The molecule has 0 heterocycles. The molecule has 0 spiro atoms. The molecule has 0 saturated carbocycles. The summed E-state index contributed by atoms with van der Waals surface area (Å²) < 4.78 is 39.1. The molecule has 0 bridgehead atoms. The van der Waals surface area contributed by atoms with Gasteiger partial charge < -0.3 is 10.7 Å². The number of amides is 1. The van der Waals surface area contributed by atoms with E-state index in [9.17, 15) is 18.0 Å². The third kappa shape index (κ3) is 8.06. The maximum absolute atomic E-state index is 13.0. The van der Waals surface area contributed by atoms with Crippen molar-refractivity contribution < 1.29 is 18.0 Å². The number of halogens is 3. The molecule has 0 rings (SSSR count). The summed E-state index contributed by atoms with van der Waals surface area (Å²) in [7, 11) is 0. The Balaban J connectivity index is 5.07. The molecule has 2 atom stereocenters. The minimum absolute atomic E-state index is 0.243. The summed E-state index contributed by atoms with van der Waals surface area (Å²) in [5, 5.41) is 11.0. The van der Waals surface area contributed by atoms with E-state index in [0.29, 0.717) is 5.71 Å². The second kappa shape index (κ2) is 11.5. The van der Waals surface area contributed by atoms with Gasteiger partial charge in [0, 0.05) is 24.6 Å². The van der Waals surface area contributed by atoms with E-state index in [1.165, 1.54) is 13.8 Å². The molecule has 0 fully saturated rings. The van der Waals surface area contributed by atoms with Crippen LogP contribution in [0.5, 0.6) is 0 Å². The second-order valence-electron chi connectivity index (χ2n) is 7.78. The second-order valence-corrected chi connectivity index (χ2v) is 7.78. The van der Waals surface area contributed by atoms with Gasteiger partial charge in [-0.2, -0.15) is 13.2 Å². The van der Waals surface area contributed by atoms with Crippen molar-refractivity contribution in [1.82, 2.24) is 5.32 Å². The quantitative estimate of drug-likeness (QED) is 0.409. The van der Waals surface area contributed by atoms with Crippen molar-refractivity contribution in [3.8, 4) is 0 Å². The first-order chi connectivity index (χ1) is 12.4. The number of allylic oxidation sites excluding steroid dienone is 2. The molecular weight excluding hydrogens is 353 g/mol. The zero-order valence-electron chi connectivity index (χ0n) is 17.9. The number of alkyl halides is 3. The van der Waals surface area contributed by atoms with Gasteiger partial charge in [-0.25, -0.2) is 0 Å². The van der Waals surface area contributed by atoms with E-state index < -0.39 is 36.4 Å². The molecule has 0 aliphatic carbocycles. The van der Waals surface area contributed by atoms with Crippen LogP contribution in [0.4, 0.5) is 13.2 Å². The summed E-state index contributed by atoms with van der Waals surface area (Å²) in [6, 6.07) is 0. The minimum atomic E-state index is -4.33. The van der Waals surface area contributed by atoms with E-state index in [2.05, 4.69) is 19.2 Å². The van der Waals surface area contributed by atoms with Crippen LogP contribution in [0.2, 0.25) is 0 Å². The van der Waals surface area contributed by atoms with E-state index in [-0.39, 0.29) is 12.3 Å². The SMILES string of the molecule is CCC(C)=C(C(=N)CC(C)C(=O)NCC(C(C)C)C(F)(F)F)C(CC)CC. The van der Waals surface area contributed by atoms with E-state index in [1.807, 2.05) is 13.8 Å². The van der Waals surface area contributed by atoms with Gasteiger partial charge in [0.15, 0.2) is 0 Å². The molecule has 2 N–H and O–H groups in total. The van der Waals surface area contributed by atoms with Crippen LogP contribution in [-0.4, -0.2) is 24.3 Å². The Morgan fingerprint density at radius 3 is 1.96 bits per heavy atom. The Labute approximate surface area is 162 Å². The summed E-state index contributed by atoms with van der Waals surface area (Å²) in [4.78, 5) is 12.3. The van der Waals surface area contributed by atoms with Crippen molar-refractivity contribution in [1.29, 1.82) is 5.41 Å². The first-order valence-corrected chi connectivity index (χ1v) is 10.0. The molecule has 0 aromatic carbocycles. The van der Waals surface area contributed by atoms with Crippen LogP contribution in [0.15, 0.2) is 11.1 Å². The minimum Gasteiger partial charge on any atom is -0.355 e. The summed E-state index contributed by atoms with van der Waals surface area (Å²) in [5.41, 5.74) is 2.60. The maximum atomic E-state index is 13.0. The van der Waals surface area contributed by atoms with Gasteiger partial charge in [-0.15, -0.1) is 0 Å². The zero-order chi connectivity index (χ0) is 21.4. The fourth-order valence-electron chi connectivity index (χ4n) is 3.36. The molecule has 3 nitrogen and oxygen atoms in total. The summed E-state index contributed by atoms with van der Waals surface area (Å²) in [6.45, 7) is 12.5. The molecule has 2 unspecified atom stereocenters. The fourth-order valence-corrected chi connectivity index (χ4v) is 3.36. The number of nitrogens with one attached hydrogen (secondary N) is 2. The van der Waals surface area contributed by atoms with E-state index >= 15 is 0 Å². The van der Waals surface area contributed by atoms with Crippen LogP contribution in [0, 0.1) is 29.1 Å². The molecule has 1 amide bonds. The highest BCUT2D eigenvalue weighted by molar-refractivity contribution is 6.01. The standard InChI is InChI=1S/C21H37F3N2O/c1-8-14(6)19(16(9-2)10-3)18(25)11-15(7)20(27)26-12-17(13(4)5)21(22,23)24/h13,15-17,25H,8-12H2,1-7H3,(H,26,27). The van der Waals surface area contributed by atoms with Crippen LogP contribution in [-0.2, 0) is 4.79 Å². The van der Waals surface area contributed by atoms with Gasteiger partial charge in [-0.05, 0) is 43.6 Å². The number of carbonyl (C=O) groups is 1. The number of rotatable bonds is 11. The largest absolute Gasteiger partial charge is 0.393 e. The van der Waals surface area contributed by atoms with Crippen LogP contribution in [0.25, 0.3) is 0 Å². The zero-order valence-corrected chi connectivity index (χ0v) is 17.9. The molecule has 0 aromatic heterocycles. The highest BCUT2D eigenvalue weighted by atomic mass is 19.4. The summed E-state index contributed by atoms with van der Waals surface area (Å²) >= 11 is 0. The van der Waals surface area contributed by atoms with Crippen molar-refractivity contribution in [2.75, 3.05) is 6.54 Å². The van der Waals surface area contributed by atoms with Crippen molar-refractivity contribution in [3.63, 3.8) is 0 Å². The van der Waals surface area contributed by atoms with Crippen LogP contribution >= 0.6 is 0 Å². The predicted molar refractivity (Wildman–Crippen MR) is 106 cm³/mol. The third-order valence-electron chi connectivity index (χ3n) is 5.39. The Morgan fingerprint density at radius 1 is 1.07 bits per heavy atom. The monoisotopic (exact) mass is 390 g/mol. The van der Waals surface area contributed by atoms with Crippen LogP contribution in [0.1, 0.15) is 74.1 Å². The predicted octanol–water partition coefficient (Wildman–Crippen LogP) is 6.15. The van der Waals surface area contributed by atoms with Crippen molar-refractivity contribution in [3.05, 3.63) is 11.1 Å². The van der Waals surface area contributed by atoms with E-state index in [1.54, 1.807) is 6.92 Å². The lowest BCUT2D eigenvalue weighted by atomic mass is 9.83. The topological polar surface area (TPSA) is 53.0 Å². The third-order valence-corrected chi connectivity index (χ3v) is 5.39. The number of hydrogen-bond donors (Lipinski definition) is 2. The average Bonchev–Trinajstić information content (AvgIpc) is 2.56. The van der Waals surface area contributed by atoms with Crippen molar-refractivity contribution in [2.45, 2.75) is 80.3 Å². The Hall–Kier alpha value is -1.33. The van der Waals surface area contributed by atoms with Gasteiger partial charge >= 0.3 is 6.18 Å². The Bertz CT molecular complexity index is 520. The molecule has 27 heavy (non-hydrogen) atoms. The normalized spacial score (nSPS) is 15.6. The highest BCUT2D eigenvalue weighted by Gasteiger charge is 2.41. The molecule has 0 aliphatic heterocycles. The van der Waals surface area contributed by atoms with E-state index in [4.69, 9.17) is 5.41 Å². The number of hydrogen-bond acceptors (Lipinski definition) is 2. The first-order valence-electron chi connectivity index (χ1n) is 10.0. The average molecular weight is 391 g/mol. The number of carbonyl (C=O) groups excluding carboxylic acids is 1. The van der Waals surface area contributed by atoms with Gasteiger partial charge in [-0.3, -0.25) is 4.79 Å². The lowest BCUT2D eigenvalue weighted by Crippen LogP contribution is -2.41. The van der Waals surface area contributed by atoms with Crippen LogP contribution < -0.4 is 5.32 Å². The maximum Gasteiger partial charge on any atom is 0.393 e. The van der Waals surface area contributed by atoms with E-state index in [0.717, 1.165) is 30.4 Å². The lowest BCUT2D eigenvalue weighted by molar-refractivity contribution is -0.184. The molecule has 6 heteroatoms. The lowest BCUT2D eigenvalue weighted by Gasteiger charge is -2.25. The van der Waals surface area contributed by atoms with Crippen LogP contribution in [0.3, 0.4) is 0 Å². The van der Waals surface area contributed by atoms with Crippen molar-refractivity contribution in [2.24, 2.45) is 23.7 Å². The molecule has 0 radical (unpaired) electrons. The Morgan fingerprint density at radius 2 is 1.59 bits per heavy atom. The molecule has 0 aliphatic rings. The Kier molecular flexibility index (Phi) is 10.9. The van der Waals surface area contributed by atoms with Gasteiger partial charge in [-0.1, -0.05) is 47.1 Å². The fraction of sp³-hybridized carbons (Fsp3) is 0.810. The van der Waals surface area contributed by atoms with Gasteiger partial charge in [0.2, 0.25) is 5.91 Å². The van der Waals surface area contributed by atoms with Crippen molar-refractivity contribution >= 4 is 11.6 Å². The molecule has 0 saturated heterocycles. The molecule has 158 valence electrons. The van der Waals surface area contributed by atoms with Gasteiger partial charge in [0.25, 0.3) is 0 Å². The first kappa shape index (κ1) is 25.7. The summed E-state index contributed by atoms with van der Waals surface area (Å²) in [6.07, 6.45) is -1.40. The van der Waals surface area contributed by atoms with Gasteiger partial charge in [0.05, 0.1) is 5.92 Å². The highest BCUT2D eigenvalue weighted by Crippen LogP contribution is 2.31. The van der Waals surface area contributed by atoms with Gasteiger partial charge in [0.1, 0.15) is 0 Å². The smallest absolute Gasteiger partial charge is 0.355 e. The molecule has 0 aromatic rings. The molecular formula is C21H37F3N2O. The summed E-state index contributed by atoms with van der Waals surface area (Å²) in [5.74, 6) is -2.84.